The Morgan fingerprint density at radius 3 is 2.24 bits per heavy atom. The maximum atomic E-state index is 12.7. The zero-order valence-corrected chi connectivity index (χ0v) is 21.8. The van der Waals surface area contributed by atoms with Gasteiger partial charge < -0.3 is 26.4 Å². The van der Waals surface area contributed by atoms with Gasteiger partial charge in [-0.15, -0.1) is 0 Å². The smallest absolute Gasteiger partial charge is 0.354 e. The number of nitrogens with two attached hydrogens (primary N) is 2. The Kier molecular flexibility index (Phi) is 9.10. The van der Waals surface area contributed by atoms with Crippen molar-refractivity contribution < 1.29 is 14.7 Å². The van der Waals surface area contributed by atoms with Crippen LogP contribution in [0.4, 0.5) is 10.6 Å². The minimum absolute atomic E-state index is 0.156. The Morgan fingerprint density at radius 2 is 1.66 bits per heavy atom. The quantitative estimate of drug-likeness (QED) is 0.385. The summed E-state index contributed by atoms with van der Waals surface area (Å²) in [7, 11) is 0. The van der Waals surface area contributed by atoms with Crippen molar-refractivity contribution in [1.82, 2.24) is 24.3 Å². The maximum absolute atomic E-state index is 12.7. The number of urea groups is 1. The van der Waals surface area contributed by atoms with Crippen LogP contribution in [-0.4, -0.2) is 99.3 Å². The number of likely N-dealkylation sites (tertiary alicyclic amines) is 1. The number of nitrogens with zero attached hydrogens (tertiary/aromatic N) is 5. The molecule has 4 rings (SSSR count). The van der Waals surface area contributed by atoms with Crippen molar-refractivity contribution in [2.24, 2.45) is 17.4 Å². The zero-order chi connectivity index (χ0) is 27.2. The molecule has 0 aliphatic carbocycles. The fourth-order valence-corrected chi connectivity index (χ4v) is 4.96. The highest BCUT2D eigenvalue weighted by Gasteiger charge is 2.27. The first kappa shape index (κ1) is 27.7. The average molecular weight is 527 g/mol. The van der Waals surface area contributed by atoms with Gasteiger partial charge >= 0.3 is 11.7 Å². The predicted octanol–water partition coefficient (Wildman–Crippen LogP) is -0.213. The Morgan fingerprint density at radius 1 is 1.03 bits per heavy atom. The van der Waals surface area contributed by atoms with Gasteiger partial charge in [0.1, 0.15) is 11.9 Å². The SMILES string of the molecule is C[C@@H](N)C1CCN(Cc2ccc(-n3ccc(NC(=O)N4CCN(C(=O)[C@@H](N)CO)CC4)nc3=O)cc2)CC1. The highest BCUT2D eigenvalue weighted by molar-refractivity contribution is 5.88. The van der Waals surface area contributed by atoms with Crippen LogP contribution in [-0.2, 0) is 11.3 Å². The molecule has 0 bridgehead atoms. The minimum atomic E-state index is -0.953. The number of amides is 3. The molecule has 6 N–H and O–H groups in total. The number of hydrogen-bond donors (Lipinski definition) is 4. The van der Waals surface area contributed by atoms with Gasteiger partial charge in [0.2, 0.25) is 5.91 Å². The molecular formula is C26H38N8O4. The standard InChI is InChI=1S/C26H38N8O4/c1-18(27)20-6-9-31(10-7-20)16-19-2-4-21(5-3-19)34-11-8-23(30-26(34)38)29-25(37)33-14-12-32(13-15-33)24(36)22(28)17-35/h2-5,8,11,18,20,22,35H,6-7,9-10,12-17,27-28H2,1H3,(H,29,30,37,38)/t18-,22+/m1/s1. The lowest BCUT2D eigenvalue weighted by atomic mass is 9.91. The minimum Gasteiger partial charge on any atom is -0.394 e. The second-order valence-electron chi connectivity index (χ2n) is 10.1. The van der Waals surface area contributed by atoms with Crippen molar-refractivity contribution in [3.63, 3.8) is 0 Å². The second-order valence-corrected chi connectivity index (χ2v) is 10.1. The van der Waals surface area contributed by atoms with Crippen LogP contribution in [0.3, 0.4) is 0 Å². The molecule has 206 valence electrons. The first-order valence-electron chi connectivity index (χ1n) is 13.1. The van der Waals surface area contributed by atoms with Crippen molar-refractivity contribution >= 4 is 17.8 Å². The molecule has 2 atom stereocenters. The van der Waals surface area contributed by atoms with Crippen molar-refractivity contribution in [3.05, 3.63) is 52.6 Å². The Hall–Kier alpha value is -3.32. The molecule has 2 saturated heterocycles. The number of benzene rings is 1. The summed E-state index contributed by atoms with van der Waals surface area (Å²) in [4.78, 5) is 46.9. The molecular weight excluding hydrogens is 488 g/mol. The van der Waals surface area contributed by atoms with E-state index in [1.165, 1.54) is 15.0 Å². The van der Waals surface area contributed by atoms with Gasteiger partial charge in [-0.05, 0) is 62.5 Å². The van der Waals surface area contributed by atoms with Gasteiger partial charge in [0.15, 0.2) is 0 Å². The van der Waals surface area contributed by atoms with Gasteiger partial charge in [-0.2, -0.15) is 4.98 Å². The third kappa shape index (κ3) is 6.76. The first-order valence-corrected chi connectivity index (χ1v) is 13.1. The number of piperidine rings is 1. The molecule has 0 radical (unpaired) electrons. The van der Waals surface area contributed by atoms with Crippen LogP contribution in [0.1, 0.15) is 25.3 Å². The molecule has 3 amide bonds. The second kappa shape index (κ2) is 12.5. The number of hydrogen-bond acceptors (Lipinski definition) is 8. The number of aliphatic hydroxyl groups is 1. The Balaban J connectivity index is 1.30. The summed E-state index contributed by atoms with van der Waals surface area (Å²) in [6.45, 7) is 5.85. The molecule has 2 fully saturated rings. The molecule has 12 nitrogen and oxygen atoms in total. The van der Waals surface area contributed by atoms with E-state index in [0.717, 1.165) is 32.5 Å². The van der Waals surface area contributed by atoms with Gasteiger partial charge in [-0.3, -0.25) is 19.6 Å². The molecule has 0 spiro atoms. The lowest BCUT2D eigenvalue weighted by Gasteiger charge is -2.35. The average Bonchev–Trinajstić information content (AvgIpc) is 2.93. The fraction of sp³-hybridized carbons (Fsp3) is 0.538. The van der Waals surface area contributed by atoms with Gasteiger partial charge in [0.05, 0.1) is 12.3 Å². The number of carbonyl (C=O) groups is 2. The van der Waals surface area contributed by atoms with Crippen LogP contribution >= 0.6 is 0 Å². The van der Waals surface area contributed by atoms with Crippen LogP contribution in [0, 0.1) is 5.92 Å². The number of aliphatic hydroxyl groups excluding tert-OH is 1. The van der Waals surface area contributed by atoms with E-state index in [4.69, 9.17) is 16.6 Å². The van der Waals surface area contributed by atoms with Crippen LogP contribution in [0.15, 0.2) is 41.3 Å². The molecule has 2 aliphatic rings. The number of rotatable bonds is 7. The van der Waals surface area contributed by atoms with E-state index in [-0.39, 0.29) is 17.8 Å². The van der Waals surface area contributed by atoms with Gasteiger partial charge in [0.25, 0.3) is 0 Å². The van der Waals surface area contributed by atoms with E-state index in [2.05, 4.69) is 22.1 Å². The Labute approximate surface area is 222 Å². The topological polar surface area (TPSA) is 163 Å². The first-order chi connectivity index (χ1) is 18.2. The van der Waals surface area contributed by atoms with E-state index < -0.39 is 24.4 Å². The fourth-order valence-electron chi connectivity index (χ4n) is 4.96. The van der Waals surface area contributed by atoms with Crippen molar-refractivity contribution in [2.45, 2.75) is 38.4 Å². The summed E-state index contributed by atoms with van der Waals surface area (Å²) in [5, 5.41) is 11.7. The zero-order valence-electron chi connectivity index (χ0n) is 21.8. The monoisotopic (exact) mass is 526 g/mol. The number of nitrogens with one attached hydrogen (secondary N) is 1. The third-order valence-electron chi connectivity index (χ3n) is 7.43. The molecule has 38 heavy (non-hydrogen) atoms. The Bertz CT molecular complexity index is 1150. The van der Waals surface area contributed by atoms with Gasteiger partial charge in [-0.1, -0.05) is 12.1 Å². The maximum Gasteiger partial charge on any atom is 0.354 e. The number of carbonyl (C=O) groups excluding carboxylic acids is 2. The van der Waals surface area contributed by atoms with Crippen LogP contribution in [0.5, 0.6) is 0 Å². The molecule has 0 saturated carbocycles. The number of anilines is 1. The molecule has 2 aliphatic heterocycles. The van der Waals surface area contributed by atoms with Crippen LogP contribution in [0.2, 0.25) is 0 Å². The summed E-state index contributed by atoms with van der Waals surface area (Å²) in [6.07, 6.45) is 3.83. The molecule has 3 heterocycles. The lowest BCUT2D eigenvalue weighted by Crippen LogP contribution is -2.55. The summed E-state index contributed by atoms with van der Waals surface area (Å²) >= 11 is 0. The summed E-state index contributed by atoms with van der Waals surface area (Å²) < 4.78 is 1.43. The van der Waals surface area contributed by atoms with E-state index in [1.807, 2.05) is 24.3 Å². The molecule has 2 aromatic rings. The number of piperazine rings is 1. The van der Waals surface area contributed by atoms with E-state index in [0.29, 0.717) is 37.8 Å². The molecule has 1 aromatic carbocycles. The van der Waals surface area contributed by atoms with Crippen molar-refractivity contribution in [1.29, 1.82) is 0 Å². The van der Waals surface area contributed by atoms with Gasteiger partial charge in [-0.25, -0.2) is 9.59 Å². The van der Waals surface area contributed by atoms with Crippen molar-refractivity contribution in [2.75, 3.05) is 51.2 Å². The molecule has 12 heteroatoms. The molecule has 0 unspecified atom stereocenters. The number of aromatic nitrogens is 2. The van der Waals surface area contributed by atoms with E-state index in [9.17, 15) is 14.4 Å². The predicted molar refractivity (Wildman–Crippen MR) is 144 cm³/mol. The van der Waals surface area contributed by atoms with E-state index >= 15 is 0 Å². The van der Waals surface area contributed by atoms with Gasteiger partial charge in [0, 0.05) is 45.0 Å². The largest absolute Gasteiger partial charge is 0.394 e. The van der Waals surface area contributed by atoms with Crippen LogP contribution in [0.25, 0.3) is 5.69 Å². The van der Waals surface area contributed by atoms with Crippen molar-refractivity contribution in [3.8, 4) is 5.69 Å². The highest BCUT2D eigenvalue weighted by Crippen LogP contribution is 2.21. The van der Waals surface area contributed by atoms with Crippen LogP contribution < -0.4 is 22.5 Å². The normalized spacial score (nSPS) is 18.7. The van der Waals surface area contributed by atoms with E-state index in [1.54, 1.807) is 17.2 Å². The lowest BCUT2D eigenvalue weighted by molar-refractivity contribution is -0.134. The highest BCUT2D eigenvalue weighted by atomic mass is 16.3. The summed E-state index contributed by atoms with van der Waals surface area (Å²) in [5.74, 6) is 0.412. The summed E-state index contributed by atoms with van der Waals surface area (Å²) in [5.41, 5.74) is 13.0. The molecule has 1 aromatic heterocycles. The third-order valence-corrected chi connectivity index (χ3v) is 7.43. The summed E-state index contributed by atoms with van der Waals surface area (Å²) in [6, 6.07) is 8.31.